The molecule has 1 aromatic carbocycles. The molecule has 0 saturated heterocycles. The van der Waals surface area contributed by atoms with Crippen molar-refractivity contribution >= 4 is 29.0 Å². The molecule has 0 aliphatic carbocycles. The Morgan fingerprint density at radius 2 is 2.21 bits per heavy atom. The van der Waals surface area contributed by atoms with Crippen LogP contribution in [0.3, 0.4) is 0 Å². The fourth-order valence-corrected chi connectivity index (χ4v) is 1.66. The maximum atomic E-state index is 10.9. The number of hydrogen-bond donors (Lipinski definition) is 3. The summed E-state index contributed by atoms with van der Waals surface area (Å²) in [6.45, 7) is 1.83. The molecule has 5 nitrogen and oxygen atoms in total. The Morgan fingerprint density at radius 3 is 2.84 bits per heavy atom. The zero-order valence-electron chi connectivity index (χ0n) is 10.1. The zero-order chi connectivity index (χ0) is 13.8. The zero-order valence-corrected chi connectivity index (χ0v) is 10.9. The summed E-state index contributed by atoms with van der Waals surface area (Å²) in [4.78, 5) is 13.9. The van der Waals surface area contributed by atoms with Crippen LogP contribution < -0.4 is 5.43 Å². The van der Waals surface area contributed by atoms with Gasteiger partial charge in [-0.05, 0) is 37.3 Å². The predicted molar refractivity (Wildman–Crippen MR) is 75.0 cm³/mol. The minimum Gasteiger partial charge on any atom is -0.478 e. The molecule has 0 atom stereocenters. The first-order chi connectivity index (χ1) is 9.08. The first-order valence-corrected chi connectivity index (χ1v) is 5.92. The summed E-state index contributed by atoms with van der Waals surface area (Å²) in [5.41, 5.74) is 4.98. The third-order valence-corrected chi connectivity index (χ3v) is 2.87. The van der Waals surface area contributed by atoms with Crippen molar-refractivity contribution in [3.8, 4) is 0 Å². The molecule has 0 aliphatic heterocycles. The number of H-pyrrole nitrogens is 1. The first kappa shape index (κ1) is 13.2. The molecule has 98 valence electrons. The summed E-state index contributed by atoms with van der Waals surface area (Å²) >= 11 is 5.98. The van der Waals surface area contributed by atoms with Crippen LogP contribution >= 0.6 is 11.6 Å². The van der Waals surface area contributed by atoms with E-state index < -0.39 is 5.97 Å². The maximum Gasteiger partial charge on any atom is 0.335 e. The summed E-state index contributed by atoms with van der Waals surface area (Å²) in [5, 5.41) is 13.5. The van der Waals surface area contributed by atoms with Crippen LogP contribution in [0.25, 0.3) is 0 Å². The van der Waals surface area contributed by atoms with Crippen LogP contribution in [0.5, 0.6) is 0 Å². The van der Waals surface area contributed by atoms with Gasteiger partial charge < -0.3 is 10.1 Å². The van der Waals surface area contributed by atoms with Crippen molar-refractivity contribution in [3.05, 3.63) is 52.8 Å². The van der Waals surface area contributed by atoms with E-state index in [1.54, 1.807) is 6.20 Å². The lowest BCUT2D eigenvalue weighted by Crippen LogP contribution is -2.02. The Morgan fingerprint density at radius 1 is 1.42 bits per heavy atom. The highest BCUT2D eigenvalue weighted by Gasteiger charge is 2.07. The van der Waals surface area contributed by atoms with Gasteiger partial charge in [-0.3, -0.25) is 5.43 Å². The molecule has 0 saturated carbocycles. The molecule has 0 radical (unpaired) electrons. The molecule has 1 aromatic heterocycles. The number of hydrazone groups is 1. The molecule has 0 spiro atoms. The van der Waals surface area contributed by atoms with Gasteiger partial charge in [0.25, 0.3) is 0 Å². The minimum atomic E-state index is -1.01. The van der Waals surface area contributed by atoms with Gasteiger partial charge in [0.1, 0.15) is 0 Å². The molecule has 3 N–H and O–H groups in total. The van der Waals surface area contributed by atoms with E-state index in [4.69, 9.17) is 16.7 Å². The van der Waals surface area contributed by atoms with Crippen LogP contribution in [-0.4, -0.2) is 21.8 Å². The average molecular weight is 278 g/mol. The highest BCUT2D eigenvalue weighted by atomic mass is 35.5. The summed E-state index contributed by atoms with van der Waals surface area (Å²) in [6.07, 6.45) is 1.80. The van der Waals surface area contributed by atoms with Crippen molar-refractivity contribution < 1.29 is 9.90 Å². The second-order valence-electron chi connectivity index (χ2n) is 3.89. The minimum absolute atomic E-state index is 0.152. The van der Waals surface area contributed by atoms with E-state index in [0.717, 1.165) is 11.4 Å². The number of halogens is 1. The lowest BCUT2D eigenvalue weighted by atomic mass is 10.2. The van der Waals surface area contributed by atoms with Crippen molar-refractivity contribution in [3.63, 3.8) is 0 Å². The lowest BCUT2D eigenvalue weighted by Gasteiger charge is -2.06. The molecule has 2 aromatic rings. The molecule has 0 fully saturated rings. The van der Waals surface area contributed by atoms with Gasteiger partial charge in [0.2, 0.25) is 0 Å². The standard InChI is InChI=1S/C13H12ClN3O2/c1-8(11-3-2-6-15-11)16-17-12-7-9(13(18)19)4-5-10(12)14/h2-7,15,17H,1H3,(H,18,19)/b16-8+. The van der Waals surface area contributed by atoms with Crippen LogP contribution in [0.15, 0.2) is 41.6 Å². The Bertz CT molecular complexity index is 621. The third-order valence-electron chi connectivity index (χ3n) is 2.55. The quantitative estimate of drug-likeness (QED) is 0.593. The summed E-state index contributed by atoms with van der Waals surface area (Å²) in [6, 6.07) is 8.16. The molecular formula is C13H12ClN3O2. The van der Waals surface area contributed by atoms with Crippen LogP contribution in [0, 0.1) is 0 Å². The van der Waals surface area contributed by atoms with Crippen molar-refractivity contribution in [1.82, 2.24) is 4.98 Å². The second-order valence-corrected chi connectivity index (χ2v) is 4.30. The molecule has 19 heavy (non-hydrogen) atoms. The Hall–Kier alpha value is -2.27. The number of hydrogen-bond acceptors (Lipinski definition) is 3. The van der Waals surface area contributed by atoms with Gasteiger partial charge in [0.15, 0.2) is 0 Å². The van der Waals surface area contributed by atoms with Gasteiger partial charge in [-0.15, -0.1) is 0 Å². The number of carbonyl (C=O) groups is 1. The monoisotopic (exact) mass is 277 g/mol. The van der Waals surface area contributed by atoms with E-state index in [0.29, 0.717) is 10.7 Å². The van der Waals surface area contributed by atoms with Gasteiger partial charge in [-0.25, -0.2) is 4.79 Å². The van der Waals surface area contributed by atoms with Crippen LogP contribution in [-0.2, 0) is 0 Å². The molecule has 0 bridgehead atoms. The van der Waals surface area contributed by atoms with Crippen molar-refractivity contribution in [1.29, 1.82) is 0 Å². The van der Waals surface area contributed by atoms with Crippen LogP contribution in [0.4, 0.5) is 5.69 Å². The first-order valence-electron chi connectivity index (χ1n) is 5.55. The van der Waals surface area contributed by atoms with Gasteiger partial charge in [0.05, 0.1) is 27.7 Å². The number of nitrogens with zero attached hydrogens (tertiary/aromatic N) is 1. The fraction of sp³-hybridized carbons (Fsp3) is 0.0769. The van der Waals surface area contributed by atoms with Gasteiger partial charge in [-0.1, -0.05) is 11.6 Å². The SMILES string of the molecule is C/C(=N\Nc1cc(C(=O)O)ccc1Cl)c1ccc[nH]1. The van der Waals surface area contributed by atoms with Crippen molar-refractivity contribution in [2.24, 2.45) is 5.10 Å². The third kappa shape index (κ3) is 3.14. The van der Waals surface area contributed by atoms with E-state index in [9.17, 15) is 4.79 Å². The van der Waals surface area contributed by atoms with E-state index in [1.165, 1.54) is 18.2 Å². The van der Waals surface area contributed by atoms with Crippen molar-refractivity contribution in [2.45, 2.75) is 6.92 Å². The topological polar surface area (TPSA) is 77.5 Å². The highest BCUT2D eigenvalue weighted by molar-refractivity contribution is 6.33. The van der Waals surface area contributed by atoms with E-state index >= 15 is 0 Å². The Labute approximate surface area is 114 Å². The fourth-order valence-electron chi connectivity index (χ4n) is 1.50. The number of rotatable bonds is 4. The molecule has 1 heterocycles. The number of aromatic carboxylic acids is 1. The maximum absolute atomic E-state index is 10.9. The highest BCUT2D eigenvalue weighted by Crippen LogP contribution is 2.23. The summed E-state index contributed by atoms with van der Waals surface area (Å²) < 4.78 is 0. The van der Waals surface area contributed by atoms with Gasteiger partial charge in [-0.2, -0.15) is 5.10 Å². The van der Waals surface area contributed by atoms with E-state index in [1.807, 2.05) is 19.1 Å². The molecule has 0 aliphatic rings. The number of aromatic nitrogens is 1. The Kier molecular flexibility index (Phi) is 3.87. The predicted octanol–water partition coefficient (Wildman–Crippen LogP) is 3.20. The number of carboxylic acids is 1. The van der Waals surface area contributed by atoms with Gasteiger partial charge >= 0.3 is 5.97 Å². The molecule has 0 amide bonds. The van der Waals surface area contributed by atoms with Crippen LogP contribution in [0.1, 0.15) is 23.0 Å². The molecule has 0 unspecified atom stereocenters. The van der Waals surface area contributed by atoms with Crippen molar-refractivity contribution in [2.75, 3.05) is 5.43 Å². The summed E-state index contributed by atoms with van der Waals surface area (Å²) in [7, 11) is 0. The number of nitrogens with one attached hydrogen (secondary N) is 2. The lowest BCUT2D eigenvalue weighted by molar-refractivity contribution is 0.0697. The number of anilines is 1. The number of aromatic amines is 1. The second kappa shape index (κ2) is 5.58. The molecule has 2 rings (SSSR count). The van der Waals surface area contributed by atoms with E-state index in [-0.39, 0.29) is 5.56 Å². The largest absolute Gasteiger partial charge is 0.478 e. The number of carboxylic acid groups (broad SMARTS) is 1. The summed E-state index contributed by atoms with van der Waals surface area (Å²) in [5.74, 6) is -1.01. The van der Waals surface area contributed by atoms with E-state index in [2.05, 4.69) is 15.5 Å². The molecular weight excluding hydrogens is 266 g/mol. The normalized spacial score (nSPS) is 11.4. The van der Waals surface area contributed by atoms with Gasteiger partial charge in [0, 0.05) is 6.20 Å². The molecule has 6 heteroatoms. The average Bonchev–Trinajstić information content (AvgIpc) is 2.91. The van der Waals surface area contributed by atoms with Crippen LogP contribution in [0.2, 0.25) is 5.02 Å². The smallest absolute Gasteiger partial charge is 0.335 e. The number of benzene rings is 1. The Balaban J connectivity index is 2.21.